The van der Waals surface area contributed by atoms with Gasteiger partial charge in [-0.1, -0.05) is 0 Å². The molecule has 2 saturated heterocycles. The van der Waals surface area contributed by atoms with E-state index in [1.54, 1.807) is 17.0 Å². The molecule has 0 bridgehead atoms. The van der Waals surface area contributed by atoms with Crippen LogP contribution in [0, 0.1) is 12.4 Å². The zero-order valence-electron chi connectivity index (χ0n) is 17.7. The van der Waals surface area contributed by atoms with Crippen LogP contribution >= 0.6 is 0 Å². The van der Waals surface area contributed by atoms with Crippen LogP contribution in [0.3, 0.4) is 0 Å². The van der Waals surface area contributed by atoms with E-state index in [0.717, 1.165) is 6.26 Å². The zero-order valence-corrected chi connectivity index (χ0v) is 18.5. The van der Waals surface area contributed by atoms with Crippen molar-refractivity contribution in [3.63, 3.8) is 0 Å². The lowest BCUT2D eigenvalue weighted by Crippen LogP contribution is -2.57. The number of ether oxygens (including phenoxy) is 1. The van der Waals surface area contributed by atoms with Gasteiger partial charge >= 0.3 is 11.8 Å². The fourth-order valence-corrected chi connectivity index (χ4v) is 3.96. The number of anilines is 2. The highest BCUT2D eigenvalue weighted by Gasteiger charge is 2.41. The summed E-state index contributed by atoms with van der Waals surface area (Å²) in [5, 5.41) is 2.58. The molecule has 0 aliphatic carbocycles. The van der Waals surface area contributed by atoms with E-state index in [-0.39, 0.29) is 31.8 Å². The number of hydrogen-bond donors (Lipinski definition) is 3. The van der Waals surface area contributed by atoms with Gasteiger partial charge < -0.3 is 15.0 Å². The molecule has 0 saturated carbocycles. The summed E-state index contributed by atoms with van der Waals surface area (Å²) in [5.74, 6) is -0.765. The third kappa shape index (κ3) is 5.64. The molecule has 0 unspecified atom stereocenters. The van der Waals surface area contributed by atoms with Crippen molar-refractivity contribution in [1.82, 2.24) is 15.6 Å². The number of hydrazine groups is 1. The van der Waals surface area contributed by atoms with Crippen molar-refractivity contribution in [1.29, 1.82) is 0 Å². The second-order valence-corrected chi connectivity index (χ2v) is 9.57. The lowest BCUT2D eigenvalue weighted by atomic mass is 9.98. The number of hydrogen-bond acceptors (Lipinski definition) is 7. The molecule has 13 heteroatoms. The van der Waals surface area contributed by atoms with Gasteiger partial charge in [-0.3, -0.25) is 14.5 Å². The molecular weight excluding hydrogens is 443 g/mol. The first-order chi connectivity index (χ1) is 15.0. The minimum Gasteiger partial charge on any atom is -0.442 e. The zero-order chi connectivity index (χ0) is 23.5. The molecule has 0 spiro atoms. The van der Waals surface area contributed by atoms with Crippen molar-refractivity contribution < 1.29 is 27.1 Å². The Hall–Kier alpha value is -2.95. The van der Waals surface area contributed by atoms with E-state index in [1.165, 1.54) is 17.9 Å². The number of carbonyl (C=O) groups excluding carboxylic acids is 2. The molecule has 0 radical (unpaired) electrons. The molecule has 3 rings (SSSR count). The number of nitrogens with zero attached hydrogens (tertiary/aromatic N) is 3. The van der Waals surface area contributed by atoms with Gasteiger partial charge in [0.2, 0.25) is 15.9 Å². The number of cyclic esters (lactones) is 1. The van der Waals surface area contributed by atoms with Crippen LogP contribution < -0.4 is 25.4 Å². The predicted octanol–water partition coefficient (Wildman–Crippen LogP) is 0.557. The fourth-order valence-electron chi connectivity index (χ4n) is 3.59. The number of nitrogens with one attached hydrogen (secondary N) is 3. The highest BCUT2D eigenvalue weighted by molar-refractivity contribution is 7.88. The van der Waals surface area contributed by atoms with Crippen molar-refractivity contribution in [2.24, 2.45) is 0 Å². The van der Waals surface area contributed by atoms with Crippen molar-refractivity contribution in [2.45, 2.75) is 31.5 Å². The molecule has 2 amide bonds. The maximum absolute atomic E-state index is 14.9. The summed E-state index contributed by atoms with van der Waals surface area (Å²) in [7, 11) is -3.51. The molecular formula is C19H25FN6O5S. The van der Waals surface area contributed by atoms with Crippen molar-refractivity contribution in [3.8, 4) is 0 Å². The monoisotopic (exact) mass is 468 g/mol. The standard InChI is InChI=1S/C19H25FN6O5S/c1-13(27)22-11-15-12-26(18(28)31-15)14-4-5-17(16(20)10-14)25-8-6-19(21-2,7-9-25)23-24-32(3,29)30/h4-5,10,15,23-24H,6-9,11-12H2,1,3H3,(H,22,27)/t15-/m0/s1. The first-order valence-electron chi connectivity index (χ1n) is 9.91. The molecule has 2 aliphatic rings. The van der Waals surface area contributed by atoms with Gasteiger partial charge in [-0.2, -0.15) is 5.43 Å². The topological polar surface area (TPSA) is 124 Å². The van der Waals surface area contributed by atoms with Crippen LogP contribution in [0.15, 0.2) is 18.2 Å². The molecule has 2 aliphatic heterocycles. The van der Waals surface area contributed by atoms with E-state index in [2.05, 4.69) is 20.4 Å². The minimum absolute atomic E-state index is 0.178. The van der Waals surface area contributed by atoms with Gasteiger partial charge in [0.1, 0.15) is 11.9 Å². The quantitative estimate of drug-likeness (QED) is 0.394. The highest BCUT2D eigenvalue weighted by Crippen LogP contribution is 2.32. The third-order valence-electron chi connectivity index (χ3n) is 5.31. The van der Waals surface area contributed by atoms with Crippen molar-refractivity contribution in [2.75, 3.05) is 42.2 Å². The number of rotatable bonds is 7. The first-order valence-corrected chi connectivity index (χ1v) is 11.8. The van der Waals surface area contributed by atoms with Crippen LogP contribution in [0.25, 0.3) is 4.85 Å². The minimum atomic E-state index is -3.51. The summed E-state index contributed by atoms with van der Waals surface area (Å²) in [5.41, 5.74) is 2.15. The Morgan fingerprint density at radius 1 is 1.38 bits per heavy atom. The highest BCUT2D eigenvalue weighted by atomic mass is 32.2. The molecule has 0 aromatic heterocycles. The Kier molecular flexibility index (Phi) is 6.87. The van der Waals surface area contributed by atoms with Gasteiger partial charge in [0.25, 0.3) is 0 Å². The number of benzene rings is 1. The van der Waals surface area contributed by atoms with Gasteiger partial charge in [0.15, 0.2) is 0 Å². The number of carbonyl (C=O) groups is 2. The molecule has 11 nitrogen and oxygen atoms in total. The average Bonchev–Trinajstić information content (AvgIpc) is 3.11. The van der Waals surface area contributed by atoms with Gasteiger partial charge in [0.05, 0.1) is 43.6 Å². The summed E-state index contributed by atoms with van der Waals surface area (Å²) < 4.78 is 42.7. The second-order valence-electron chi connectivity index (χ2n) is 7.82. The summed E-state index contributed by atoms with van der Waals surface area (Å²) in [6.07, 6.45) is 0.414. The number of halogens is 1. The van der Waals surface area contributed by atoms with Crippen molar-refractivity contribution >= 4 is 33.4 Å². The normalized spacial score (nSPS) is 20.6. The van der Waals surface area contributed by atoms with E-state index in [9.17, 15) is 22.4 Å². The number of piperidine rings is 1. The van der Waals surface area contributed by atoms with E-state index < -0.39 is 33.7 Å². The summed E-state index contributed by atoms with van der Waals surface area (Å²) in [6.45, 7) is 9.84. The Bertz CT molecular complexity index is 1040. The summed E-state index contributed by atoms with van der Waals surface area (Å²) >= 11 is 0. The molecule has 1 atom stereocenters. The van der Waals surface area contributed by atoms with Gasteiger partial charge in [-0.05, 0) is 18.2 Å². The van der Waals surface area contributed by atoms with Crippen LogP contribution in [-0.2, 0) is 19.6 Å². The van der Waals surface area contributed by atoms with Crippen LogP contribution in [0.2, 0.25) is 0 Å². The molecule has 2 fully saturated rings. The SMILES string of the molecule is [C-]#[N+]C1(NNS(C)(=O)=O)CCN(c2ccc(N3C[C@H](CNC(C)=O)OC3=O)cc2F)CC1. The summed E-state index contributed by atoms with van der Waals surface area (Å²) in [6, 6.07) is 4.42. The number of amides is 2. The van der Waals surface area contributed by atoms with E-state index in [0.29, 0.717) is 24.5 Å². The Labute approximate surface area is 185 Å². The Morgan fingerprint density at radius 3 is 2.62 bits per heavy atom. The summed E-state index contributed by atoms with van der Waals surface area (Å²) in [4.78, 5) is 32.0. The molecule has 2 heterocycles. The van der Waals surface area contributed by atoms with E-state index >= 15 is 0 Å². The molecule has 1 aromatic carbocycles. The van der Waals surface area contributed by atoms with Crippen molar-refractivity contribution in [3.05, 3.63) is 35.4 Å². The number of sulfonamides is 1. The van der Waals surface area contributed by atoms with Crippen LogP contribution in [0.4, 0.5) is 20.6 Å². The Morgan fingerprint density at radius 2 is 2.06 bits per heavy atom. The van der Waals surface area contributed by atoms with Crippen LogP contribution in [0.5, 0.6) is 0 Å². The van der Waals surface area contributed by atoms with E-state index in [1.807, 2.05) is 0 Å². The predicted molar refractivity (Wildman–Crippen MR) is 115 cm³/mol. The molecule has 3 N–H and O–H groups in total. The van der Waals surface area contributed by atoms with Gasteiger partial charge in [0, 0.05) is 20.0 Å². The third-order valence-corrected chi connectivity index (χ3v) is 5.78. The first kappa shape index (κ1) is 23.7. The average molecular weight is 469 g/mol. The van der Waals surface area contributed by atoms with Crippen LogP contribution in [0.1, 0.15) is 19.8 Å². The second kappa shape index (κ2) is 9.27. The molecule has 174 valence electrons. The fraction of sp³-hybridized carbons (Fsp3) is 0.526. The Balaban J connectivity index is 1.64. The lowest BCUT2D eigenvalue weighted by Gasteiger charge is -2.35. The van der Waals surface area contributed by atoms with E-state index in [4.69, 9.17) is 11.3 Å². The van der Waals surface area contributed by atoms with Gasteiger partial charge in [-0.25, -0.2) is 24.2 Å². The van der Waals surface area contributed by atoms with Gasteiger partial charge in [-0.15, -0.1) is 4.83 Å². The van der Waals surface area contributed by atoms with Crippen LogP contribution in [-0.4, -0.2) is 64.6 Å². The maximum atomic E-state index is 14.9. The lowest BCUT2D eigenvalue weighted by molar-refractivity contribution is -0.119. The largest absolute Gasteiger partial charge is 0.442 e. The molecule has 32 heavy (non-hydrogen) atoms. The smallest absolute Gasteiger partial charge is 0.414 e. The maximum Gasteiger partial charge on any atom is 0.414 e. The molecule has 1 aromatic rings.